The summed E-state index contributed by atoms with van der Waals surface area (Å²) < 4.78 is 6.41. The van der Waals surface area contributed by atoms with Gasteiger partial charge in [0.05, 0.1) is 6.10 Å². The molecule has 0 aliphatic carbocycles. The van der Waals surface area contributed by atoms with Crippen LogP contribution in [0.1, 0.15) is 13.2 Å². The fourth-order valence-electron chi connectivity index (χ4n) is 1.75. The average Bonchev–Trinajstić information content (AvgIpc) is 2.46. The zero-order valence-corrected chi connectivity index (χ0v) is 8.65. The highest BCUT2D eigenvalue weighted by atomic mass is 16.6. The molecule has 1 saturated heterocycles. The molecule has 1 unspecified atom stereocenters. The molecule has 6 nitrogen and oxygen atoms in total. The van der Waals surface area contributed by atoms with Crippen LogP contribution in [-0.4, -0.2) is 38.2 Å². The molecule has 2 rings (SSSR count). The Bertz CT molecular complexity index is 443. The van der Waals surface area contributed by atoms with E-state index in [0.717, 1.165) is 10.6 Å². The van der Waals surface area contributed by atoms with Gasteiger partial charge in [-0.1, -0.05) is 0 Å². The summed E-state index contributed by atoms with van der Waals surface area (Å²) in [4.78, 5) is 11.5. The summed E-state index contributed by atoms with van der Waals surface area (Å²) in [5.41, 5.74) is -0.495. The lowest BCUT2D eigenvalue weighted by Gasteiger charge is -2.17. The number of hydrogen-bond acceptors (Lipinski definition) is 5. The van der Waals surface area contributed by atoms with Crippen LogP contribution in [0.2, 0.25) is 0 Å². The van der Waals surface area contributed by atoms with Crippen molar-refractivity contribution in [2.24, 2.45) is 0 Å². The van der Waals surface area contributed by atoms with E-state index in [1.165, 1.54) is 12.3 Å². The molecule has 0 amide bonds. The molecule has 0 saturated carbocycles. The summed E-state index contributed by atoms with van der Waals surface area (Å²) in [7, 11) is 0. The van der Waals surface area contributed by atoms with Crippen molar-refractivity contribution in [2.75, 3.05) is 0 Å². The Morgan fingerprint density at radius 3 is 2.56 bits per heavy atom. The first kappa shape index (κ1) is 11.1. The Kier molecular flexibility index (Phi) is 2.71. The Morgan fingerprint density at radius 2 is 2.06 bits per heavy atom. The van der Waals surface area contributed by atoms with Crippen LogP contribution >= 0.6 is 0 Å². The Morgan fingerprint density at radius 1 is 1.38 bits per heavy atom. The predicted molar refractivity (Wildman–Crippen MR) is 54.0 cm³/mol. The number of pyridine rings is 1. The summed E-state index contributed by atoms with van der Waals surface area (Å²) in [6.07, 6.45) is -2.32. The first-order valence-corrected chi connectivity index (χ1v) is 4.93. The fourth-order valence-corrected chi connectivity index (χ4v) is 1.75. The highest BCUT2D eigenvalue weighted by molar-refractivity contribution is 5.16. The second-order valence-electron chi connectivity index (χ2n) is 3.84. The van der Waals surface area contributed by atoms with Gasteiger partial charge in [-0.25, -0.2) is 0 Å². The minimum Gasteiger partial charge on any atom is -0.508 e. The minimum atomic E-state index is -1.16. The molecule has 0 spiro atoms. The van der Waals surface area contributed by atoms with E-state index >= 15 is 0 Å². The third-order valence-electron chi connectivity index (χ3n) is 2.68. The van der Waals surface area contributed by atoms with Crippen LogP contribution in [0.4, 0.5) is 0 Å². The SMILES string of the molecule is C[C@H]1O[C@@H](n2ccc(O)cc2=O)C(O)[C@H]1O. The van der Waals surface area contributed by atoms with Crippen LogP contribution in [0.5, 0.6) is 5.75 Å². The summed E-state index contributed by atoms with van der Waals surface area (Å²) in [6, 6.07) is 2.33. The molecular weight excluding hydrogens is 214 g/mol. The number of aliphatic hydroxyl groups excluding tert-OH is 2. The van der Waals surface area contributed by atoms with Crippen molar-refractivity contribution >= 4 is 0 Å². The van der Waals surface area contributed by atoms with Crippen molar-refractivity contribution in [3.05, 3.63) is 28.7 Å². The van der Waals surface area contributed by atoms with Gasteiger partial charge in [0.1, 0.15) is 18.0 Å². The van der Waals surface area contributed by atoms with Crippen molar-refractivity contribution in [1.29, 1.82) is 0 Å². The lowest BCUT2D eigenvalue weighted by molar-refractivity contribution is -0.0343. The van der Waals surface area contributed by atoms with Gasteiger partial charge in [-0.15, -0.1) is 0 Å². The van der Waals surface area contributed by atoms with Gasteiger partial charge in [0.2, 0.25) is 0 Å². The zero-order valence-electron chi connectivity index (χ0n) is 8.65. The second-order valence-corrected chi connectivity index (χ2v) is 3.84. The molecule has 0 bridgehead atoms. The minimum absolute atomic E-state index is 0.151. The maximum atomic E-state index is 11.5. The van der Waals surface area contributed by atoms with Crippen molar-refractivity contribution in [3.8, 4) is 5.75 Å². The summed E-state index contributed by atoms with van der Waals surface area (Å²) in [5, 5.41) is 28.3. The average molecular weight is 227 g/mol. The van der Waals surface area contributed by atoms with Crippen molar-refractivity contribution in [1.82, 2.24) is 4.57 Å². The lowest BCUT2D eigenvalue weighted by Crippen LogP contribution is -2.33. The maximum Gasteiger partial charge on any atom is 0.256 e. The Labute approximate surface area is 91.3 Å². The van der Waals surface area contributed by atoms with Crippen molar-refractivity contribution < 1.29 is 20.1 Å². The number of nitrogens with zero attached hydrogens (tertiary/aromatic N) is 1. The Hall–Kier alpha value is -1.37. The largest absolute Gasteiger partial charge is 0.508 e. The highest BCUT2D eigenvalue weighted by Gasteiger charge is 2.41. The van der Waals surface area contributed by atoms with Crippen LogP contribution in [0.3, 0.4) is 0 Å². The van der Waals surface area contributed by atoms with Gasteiger partial charge in [0.15, 0.2) is 6.23 Å². The number of hydrogen-bond donors (Lipinski definition) is 3. The molecule has 2 heterocycles. The first-order chi connectivity index (χ1) is 7.50. The van der Waals surface area contributed by atoms with E-state index < -0.39 is 30.1 Å². The van der Waals surface area contributed by atoms with Gasteiger partial charge >= 0.3 is 0 Å². The number of aromatic nitrogens is 1. The Balaban J connectivity index is 2.35. The molecule has 1 aliphatic heterocycles. The van der Waals surface area contributed by atoms with E-state index in [-0.39, 0.29) is 5.75 Å². The molecular formula is C10H13NO5. The molecule has 0 radical (unpaired) electrons. The van der Waals surface area contributed by atoms with Gasteiger partial charge in [0, 0.05) is 12.3 Å². The molecule has 88 valence electrons. The first-order valence-electron chi connectivity index (χ1n) is 4.93. The third kappa shape index (κ3) is 1.71. The maximum absolute atomic E-state index is 11.5. The summed E-state index contributed by atoms with van der Waals surface area (Å²) >= 11 is 0. The van der Waals surface area contributed by atoms with Crippen molar-refractivity contribution in [2.45, 2.75) is 31.5 Å². The van der Waals surface area contributed by atoms with Gasteiger partial charge in [-0.2, -0.15) is 0 Å². The van der Waals surface area contributed by atoms with E-state index in [2.05, 4.69) is 0 Å². The van der Waals surface area contributed by atoms with Gasteiger partial charge in [0.25, 0.3) is 5.56 Å². The van der Waals surface area contributed by atoms with E-state index in [1.54, 1.807) is 6.92 Å². The number of aliphatic hydroxyl groups is 2. The van der Waals surface area contributed by atoms with Gasteiger partial charge in [-0.3, -0.25) is 9.36 Å². The number of ether oxygens (including phenoxy) is 1. The number of rotatable bonds is 1. The van der Waals surface area contributed by atoms with Crippen LogP contribution in [0.25, 0.3) is 0 Å². The van der Waals surface area contributed by atoms with Crippen LogP contribution < -0.4 is 5.56 Å². The standard InChI is InChI=1S/C10H13NO5/c1-5-8(14)9(15)10(16-5)11-3-2-6(12)4-7(11)13/h2-5,8-10,12,14-15H,1H3/t5-,8+,9?,10-/m1/s1. The van der Waals surface area contributed by atoms with Gasteiger partial charge in [-0.05, 0) is 13.0 Å². The quantitative estimate of drug-likeness (QED) is 0.583. The molecule has 1 aromatic heterocycles. The van der Waals surface area contributed by atoms with Crippen LogP contribution in [-0.2, 0) is 4.74 Å². The van der Waals surface area contributed by atoms with E-state index in [4.69, 9.17) is 9.84 Å². The monoisotopic (exact) mass is 227 g/mol. The van der Waals surface area contributed by atoms with Crippen molar-refractivity contribution in [3.63, 3.8) is 0 Å². The highest BCUT2D eigenvalue weighted by Crippen LogP contribution is 2.28. The summed E-state index contributed by atoms with van der Waals surface area (Å²) in [5.74, 6) is -0.151. The predicted octanol–water partition coefficient (Wildman–Crippen LogP) is -0.807. The molecule has 4 atom stereocenters. The van der Waals surface area contributed by atoms with E-state index in [0.29, 0.717) is 0 Å². The lowest BCUT2D eigenvalue weighted by atomic mass is 10.1. The normalized spacial score (nSPS) is 34.2. The molecule has 1 aliphatic rings. The van der Waals surface area contributed by atoms with Crippen LogP contribution in [0, 0.1) is 0 Å². The molecule has 1 aromatic rings. The molecule has 0 aromatic carbocycles. The topological polar surface area (TPSA) is 91.9 Å². The molecule has 1 fully saturated rings. The molecule has 16 heavy (non-hydrogen) atoms. The van der Waals surface area contributed by atoms with E-state index in [9.17, 15) is 15.0 Å². The van der Waals surface area contributed by atoms with Crippen LogP contribution in [0.15, 0.2) is 23.1 Å². The number of aromatic hydroxyl groups is 1. The molecule has 6 heteroatoms. The fraction of sp³-hybridized carbons (Fsp3) is 0.500. The second kappa shape index (κ2) is 3.89. The van der Waals surface area contributed by atoms with Gasteiger partial charge < -0.3 is 20.1 Å². The zero-order chi connectivity index (χ0) is 11.9. The summed E-state index contributed by atoms with van der Waals surface area (Å²) in [6.45, 7) is 1.61. The van der Waals surface area contributed by atoms with E-state index in [1.807, 2.05) is 0 Å². The molecule has 3 N–H and O–H groups in total. The smallest absolute Gasteiger partial charge is 0.256 e. The third-order valence-corrected chi connectivity index (χ3v) is 2.68.